The van der Waals surface area contributed by atoms with Crippen LogP contribution < -0.4 is 15.8 Å². The minimum Gasteiger partial charge on any atom is -0.497 e. The summed E-state index contributed by atoms with van der Waals surface area (Å²) in [6.07, 6.45) is 0. The highest BCUT2D eigenvalue weighted by molar-refractivity contribution is 5.41. The Kier molecular flexibility index (Phi) is 9.39. The lowest BCUT2D eigenvalue weighted by molar-refractivity contribution is 0.267. The molecule has 0 atom stereocenters. The van der Waals surface area contributed by atoms with Gasteiger partial charge in [-0.15, -0.1) is 0 Å². The molecule has 0 aliphatic rings. The topological polar surface area (TPSA) is 87.7 Å². The number of nitrogen functional groups attached to an aromatic ring is 1. The van der Waals surface area contributed by atoms with Crippen LogP contribution in [0.2, 0.25) is 0 Å². The van der Waals surface area contributed by atoms with Crippen LogP contribution in [-0.4, -0.2) is 43.6 Å². The van der Waals surface area contributed by atoms with Crippen molar-refractivity contribution in [3.8, 4) is 5.75 Å². The van der Waals surface area contributed by atoms with Crippen LogP contribution >= 0.6 is 0 Å². The van der Waals surface area contributed by atoms with E-state index in [-0.39, 0.29) is 13.2 Å². The van der Waals surface area contributed by atoms with Crippen molar-refractivity contribution < 1.29 is 14.9 Å². The number of hydrogen-bond acceptors (Lipinski definition) is 5. The van der Waals surface area contributed by atoms with Crippen molar-refractivity contribution in [1.82, 2.24) is 5.32 Å². The summed E-state index contributed by atoms with van der Waals surface area (Å²) in [5, 5.41) is 19.1. The molecule has 16 heavy (non-hydrogen) atoms. The third kappa shape index (κ3) is 8.05. The number of nitrogens with two attached hydrogens (primary N) is 1. The van der Waals surface area contributed by atoms with E-state index in [9.17, 15) is 0 Å². The van der Waals surface area contributed by atoms with Crippen LogP contribution in [0.25, 0.3) is 0 Å². The second-order valence-electron chi connectivity index (χ2n) is 2.97. The molecule has 0 fully saturated rings. The van der Waals surface area contributed by atoms with Crippen molar-refractivity contribution >= 4 is 5.69 Å². The summed E-state index contributed by atoms with van der Waals surface area (Å²) in [5.74, 6) is 0.837. The van der Waals surface area contributed by atoms with Gasteiger partial charge in [-0.3, -0.25) is 0 Å². The van der Waals surface area contributed by atoms with E-state index in [1.165, 1.54) is 0 Å². The maximum Gasteiger partial charge on any atom is 0.119 e. The first-order chi connectivity index (χ1) is 7.74. The number of aliphatic hydroxyl groups is 2. The van der Waals surface area contributed by atoms with E-state index in [0.717, 1.165) is 11.4 Å². The van der Waals surface area contributed by atoms with Gasteiger partial charge < -0.3 is 26.0 Å². The Bertz CT molecular complexity index is 248. The highest BCUT2D eigenvalue weighted by Gasteiger charge is 1.86. The monoisotopic (exact) mass is 228 g/mol. The van der Waals surface area contributed by atoms with Crippen LogP contribution in [0.4, 0.5) is 5.69 Å². The predicted octanol–water partition coefficient (Wildman–Crippen LogP) is -0.162. The van der Waals surface area contributed by atoms with Gasteiger partial charge in [-0.1, -0.05) is 0 Å². The van der Waals surface area contributed by atoms with Crippen molar-refractivity contribution in [3.05, 3.63) is 24.3 Å². The molecule has 0 aliphatic heterocycles. The van der Waals surface area contributed by atoms with Crippen LogP contribution in [0.5, 0.6) is 5.75 Å². The van der Waals surface area contributed by atoms with Crippen molar-refractivity contribution in [1.29, 1.82) is 0 Å². The first-order valence-electron chi connectivity index (χ1n) is 5.06. The molecule has 5 N–H and O–H groups in total. The molecule has 92 valence electrons. The molecule has 1 aromatic carbocycles. The van der Waals surface area contributed by atoms with Gasteiger partial charge in [-0.2, -0.15) is 0 Å². The minimum atomic E-state index is 0.139. The van der Waals surface area contributed by atoms with Gasteiger partial charge in [0.15, 0.2) is 0 Å². The molecule has 0 heterocycles. The van der Waals surface area contributed by atoms with Crippen molar-refractivity contribution in [2.24, 2.45) is 0 Å². The van der Waals surface area contributed by atoms with E-state index < -0.39 is 0 Å². The maximum absolute atomic E-state index is 8.15. The van der Waals surface area contributed by atoms with E-state index in [1.54, 1.807) is 19.2 Å². The summed E-state index contributed by atoms with van der Waals surface area (Å²) in [6, 6.07) is 7.27. The second-order valence-corrected chi connectivity index (χ2v) is 2.97. The van der Waals surface area contributed by atoms with E-state index in [1.807, 2.05) is 12.1 Å². The molecule has 0 radical (unpaired) electrons. The average molecular weight is 228 g/mol. The zero-order chi connectivity index (χ0) is 12.2. The van der Waals surface area contributed by atoms with Crippen LogP contribution in [0.1, 0.15) is 0 Å². The molecular formula is C11H20N2O3. The maximum atomic E-state index is 8.15. The first kappa shape index (κ1) is 14.7. The average Bonchev–Trinajstić information content (AvgIpc) is 2.32. The molecule has 0 saturated carbocycles. The number of benzene rings is 1. The highest BCUT2D eigenvalue weighted by atomic mass is 16.5. The van der Waals surface area contributed by atoms with Crippen LogP contribution in [0, 0.1) is 0 Å². The largest absolute Gasteiger partial charge is 0.497 e. The minimum absolute atomic E-state index is 0.139. The summed E-state index contributed by atoms with van der Waals surface area (Å²) in [7, 11) is 1.63. The van der Waals surface area contributed by atoms with Crippen molar-refractivity contribution in [3.63, 3.8) is 0 Å². The van der Waals surface area contributed by atoms with Crippen molar-refractivity contribution in [2.45, 2.75) is 0 Å². The molecule has 5 nitrogen and oxygen atoms in total. The number of rotatable bonds is 5. The van der Waals surface area contributed by atoms with Gasteiger partial charge in [0.05, 0.1) is 20.3 Å². The highest BCUT2D eigenvalue weighted by Crippen LogP contribution is 2.11. The molecule has 0 aliphatic carbocycles. The fourth-order valence-electron chi connectivity index (χ4n) is 0.887. The Morgan fingerprint density at radius 3 is 2.00 bits per heavy atom. The van der Waals surface area contributed by atoms with Crippen LogP contribution in [0.15, 0.2) is 24.3 Å². The lowest BCUT2D eigenvalue weighted by Gasteiger charge is -1.97. The summed E-state index contributed by atoms with van der Waals surface area (Å²) in [5.41, 5.74) is 6.19. The smallest absolute Gasteiger partial charge is 0.119 e. The predicted molar refractivity (Wildman–Crippen MR) is 64.4 cm³/mol. The zero-order valence-corrected chi connectivity index (χ0v) is 9.52. The van der Waals surface area contributed by atoms with E-state index in [0.29, 0.717) is 13.1 Å². The lowest BCUT2D eigenvalue weighted by atomic mass is 10.3. The standard InChI is InChI=1S/C7H9NO.C4H11NO2/c1-9-7-4-2-6(8)3-5-7;6-3-1-5-2-4-7/h2-5H,8H2,1H3;5-7H,1-4H2. The fourth-order valence-corrected chi connectivity index (χ4v) is 0.887. The van der Waals surface area contributed by atoms with Crippen molar-refractivity contribution in [2.75, 3.05) is 39.1 Å². The first-order valence-corrected chi connectivity index (χ1v) is 5.06. The molecule has 0 bridgehead atoms. The zero-order valence-electron chi connectivity index (χ0n) is 9.52. The third-order valence-electron chi connectivity index (χ3n) is 1.69. The Balaban J connectivity index is 0.000000293. The number of anilines is 1. The summed E-state index contributed by atoms with van der Waals surface area (Å²) in [6.45, 7) is 1.42. The normalized spacial score (nSPS) is 9.19. The van der Waals surface area contributed by atoms with Gasteiger partial charge in [-0.25, -0.2) is 0 Å². The molecule has 0 spiro atoms. The Morgan fingerprint density at radius 2 is 1.62 bits per heavy atom. The lowest BCUT2D eigenvalue weighted by Crippen LogP contribution is -2.21. The second kappa shape index (κ2) is 10.2. The number of aliphatic hydroxyl groups excluding tert-OH is 2. The Hall–Kier alpha value is -1.30. The third-order valence-corrected chi connectivity index (χ3v) is 1.69. The number of methoxy groups -OCH3 is 1. The van der Waals surface area contributed by atoms with Gasteiger partial charge >= 0.3 is 0 Å². The van der Waals surface area contributed by atoms with Crippen LogP contribution in [-0.2, 0) is 0 Å². The molecular weight excluding hydrogens is 208 g/mol. The molecule has 0 aromatic heterocycles. The number of hydrogen-bond donors (Lipinski definition) is 4. The van der Waals surface area contributed by atoms with E-state index >= 15 is 0 Å². The Labute approximate surface area is 95.9 Å². The fraction of sp³-hybridized carbons (Fsp3) is 0.455. The van der Waals surface area contributed by atoms with Crippen LogP contribution in [0.3, 0.4) is 0 Å². The molecule has 0 saturated heterocycles. The SMILES string of the molecule is COc1ccc(N)cc1.OCCNCCO. The van der Waals surface area contributed by atoms with Gasteiger partial charge in [0.25, 0.3) is 0 Å². The molecule has 1 aromatic rings. The molecule has 0 unspecified atom stereocenters. The van der Waals surface area contributed by atoms with Gasteiger partial charge in [0, 0.05) is 18.8 Å². The van der Waals surface area contributed by atoms with E-state index in [2.05, 4.69) is 5.32 Å². The van der Waals surface area contributed by atoms with Gasteiger partial charge in [0.2, 0.25) is 0 Å². The molecule has 1 rings (SSSR count). The van der Waals surface area contributed by atoms with Gasteiger partial charge in [0.1, 0.15) is 5.75 Å². The summed E-state index contributed by atoms with van der Waals surface area (Å²) >= 11 is 0. The Morgan fingerprint density at radius 1 is 1.12 bits per heavy atom. The number of nitrogens with one attached hydrogen (secondary N) is 1. The van der Waals surface area contributed by atoms with Gasteiger partial charge in [-0.05, 0) is 24.3 Å². The quantitative estimate of drug-likeness (QED) is 0.415. The van der Waals surface area contributed by atoms with E-state index in [4.69, 9.17) is 20.7 Å². The number of ether oxygens (including phenoxy) is 1. The summed E-state index contributed by atoms with van der Waals surface area (Å²) < 4.78 is 4.91. The summed E-state index contributed by atoms with van der Waals surface area (Å²) in [4.78, 5) is 0. The molecule has 5 heteroatoms. The molecule has 0 amide bonds.